The summed E-state index contributed by atoms with van der Waals surface area (Å²) in [4.78, 5) is 38.5. The van der Waals surface area contributed by atoms with E-state index in [1.54, 1.807) is 13.0 Å². The molecule has 1 aliphatic carbocycles. The number of hydrogen-bond acceptors (Lipinski definition) is 4. The van der Waals surface area contributed by atoms with E-state index in [0.717, 1.165) is 19.3 Å². The van der Waals surface area contributed by atoms with Crippen molar-refractivity contribution < 1.29 is 23.5 Å². The van der Waals surface area contributed by atoms with Crippen molar-refractivity contribution in [3.05, 3.63) is 30.1 Å². The summed E-state index contributed by atoms with van der Waals surface area (Å²) >= 11 is 0. The van der Waals surface area contributed by atoms with E-state index in [4.69, 9.17) is 4.74 Å². The van der Waals surface area contributed by atoms with Gasteiger partial charge in [-0.3, -0.25) is 9.59 Å². The van der Waals surface area contributed by atoms with Crippen molar-refractivity contribution >= 4 is 23.5 Å². The van der Waals surface area contributed by atoms with Crippen LogP contribution in [0.15, 0.2) is 24.3 Å². The van der Waals surface area contributed by atoms with Gasteiger partial charge in [0, 0.05) is 6.54 Å². The lowest BCUT2D eigenvalue weighted by Gasteiger charge is -2.25. The Morgan fingerprint density at radius 3 is 2.76 bits per heavy atom. The van der Waals surface area contributed by atoms with Crippen molar-refractivity contribution in [3.63, 3.8) is 0 Å². The molecule has 6 nitrogen and oxygen atoms in total. The number of carbonyl (C=O) groups is 3. The first-order valence-corrected chi connectivity index (χ1v) is 8.56. The number of esters is 1. The van der Waals surface area contributed by atoms with Crippen LogP contribution in [0.3, 0.4) is 0 Å². The zero-order valence-corrected chi connectivity index (χ0v) is 14.0. The summed E-state index contributed by atoms with van der Waals surface area (Å²) in [5, 5.41) is 2.29. The van der Waals surface area contributed by atoms with Gasteiger partial charge in [0.05, 0.1) is 12.3 Å². The Morgan fingerprint density at radius 1 is 1.28 bits per heavy atom. The van der Waals surface area contributed by atoms with E-state index in [1.165, 1.54) is 23.1 Å². The number of carbonyl (C=O) groups excluding carboxylic acids is 3. The average Bonchev–Trinajstić information content (AvgIpc) is 3.17. The van der Waals surface area contributed by atoms with Crippen LogP contribution in [0.2, 0.25) is 0 Å². The molecule has 1 aromatic rings. The number of halogens is 1. The molecule has 1 aromatic carbocycles. The van der Waals surface area contributed by atoms with Crippen molar-refractivity contribution in [1.82, 2.24) is 4.90 Å². The van der Waals surface area contributed by atoms with Crippen LogP contribution in [0.5, 0.6) is 0 Å². The average molecular weight is 348 g/mol. The monoisotopic (exact) mass is 348 g/mol. The van der Waals surface area contributed by atoms with E-state index < -0.39 is 29.6 Å². The van der Waals surface area contributed by atoms with Crippen LogP contribution >= 0.6 is 0 Å². The zero-order valence-electron chi connectivity index (χ0n) is 14.0. The molecule has 2 fully saturated rings. The topological polar surface area (TPSA) is 75.7 Å². The number of anilines is 1. The van der Waals surface area contributed by atoms with Crippen LogP contribution < -0.4 is 5.32 Å². The van der Waals surface area contributed by atoms with Crippen molar-refractivity contribution in [2.45, 2.75) is 32.2 Å². The minimum absolute atomic E-state index is 0.0317. The van der Waals surface area contributed by atoms with Crippen LogP contribution in [-0.2, 0) is 19.1 Å². The maximum Gasteiger partial charge on any atom is 0.329 e. The second kappa shape index (κ2) is 7.21. The number of benzene rings is 1. The highest BCUT2D eigenvalue weighted by Gasteiger charge is 2.51. The third kappa shape index (κ3) is 3.36. The molecule has 1 heterocycles. The molecule has 0 spiro atoms. The Balaban J connectivity index is 1.76. The summed E-state index contributed by atoms with van der Waals surface area (Å²) in [6.45, 7) is 2.28. The molecule has 0 radical (unpaired) electrons. The molecule has 25 heavy (non-hydrogen) atoms. The lowest BCUT2D eigenvalue weighted by molar-refractivity contribution is -0.156. The van der Waals surface area contributed by atoms with Crippen LogP contribution in [0.25, 0.3) is 0 Å². The van der Waals surface area contributed by atoms with Gasteiger partial charge in [0.1, 0.15) is 11.9 Å². The van der Waals surface area contributed by atoms with Gasteiger partial charge in [-0.15, -0.1) is 0 Å². The smallest absolute Gasteiger partial charge is 0.329 e. The van der Waals surface area contributed by atoms with E-state index >= 15 is 0 Å². The highest BCUT2D eigenvalue weighted by Crippen LogP contribution is 2.42. The second-order valence-corrected chi connectivity index (χ2v) is 6.44. The lowest BCUT2D eigenvalue weighted by Crippen LogP contribution is -2.48. The van der Waals surface area contributed by atoms with Gasteiger partial charge in [-0.1, -0.05) is 18.6 Å². The Labute approximate surface area is 145 Å². The molecule has 2 amide bonds. The summed E-state index contributed by atoms with van der Waals surface area (Å²) in [5.41, 5.74) is -0.0621. The molecule has 1 aliphatic heterocycles. The fraction of sp³-hybridized carbons (Fsp3) is 0.500. The van der Waals surface area contributed by atoms with Gasteiger partial charge < -0.3 is 15.0 Å². The molecule has 1 saturated carbocycles. The molecular formula is C18H21FN2O4. The summed E-state index contributed by atoms with van der Waals surface area (Å²) < 4.78 is 18.8. The number of rotatable bonds is 3. The predicted molar refractivity (Wildman–Crippen MR) is 88.0 cm³/mol. The third-order valence-corrected chi connectivity index (χ3v) is 5.00. The van der Waals surface area contributed by atoms with Gasteiger partial charge in [-0.25, -0.2) is 9.18 Å². The molecule has 1 N–H and O–H groups in total. The summed E-state index contributed by atoms with van der Waals surface area (Å²) in [5.74, 6) is -2.62. The number of nitrogens with one attached hydrogen (secondary N) is 1. The molecule has 3 rings (SSSR count). The molecule has 3 unspecified atom stereocenters. The fourth-order valence-corrected chi connectivity index (χ4v) is 3.91. The Kier molecular flexibility index (Phi) is 5.01. The Hall–Kier alpha value is -2.44. The van der Waals surface area contributed by atoms with E-state index in [9.17, 15) is 18.8 Å². The highest BCUT2D eigenvalue weighted by molar-refractivity contribution is 6.40. The van der Waals surface area contributed by atoms with Gasteiger partial charge in [-0.2, -0.15) is 0 Å². The number of ether oxygens (including phenoxy) is 1. The van der Waals surface area contributed by atoms with E-state index in [0.29, 0.717) is 6.54 Å². The fourth-order valence-electron chi connectivity index (χ4n) is 3.91. The zero-order chi connectivity index (χ0) is 18.0. The predicted octanol–water partition coefficient (Wildman–Crippen LogP) is 1.95. The van der Waals surface area contributed by atoms with Gasteiger partial charge >= 0.3 is 17.8 Å². The van der Waals surface area contributed by atoms with Crippen molar-refractivity contribution in [2.75, 3.05) is 18.5 Å². The minimum Gasteiger partial charge on any atom is -0.464 e. The Bertz CT molecular complexity index is 693. The molecule has 7 heteroatoms. The van der Waals surface area contributed by atoms with Gasteiger partial charge in [0.25, 0.3) is 0 Å². The number of likely N-dealkylation sites (tertiary alicyclic amines) is 1. The highest BCUT2D eigenvalue weighted by atomic mass is 19.1. The summed E-state index contributed by atoms with van der Waals surface area (Å²) in [7, 11) is 0. The lowest BCUT2D eigenvalue weighted by atomic mass is 9.94. The SMILES string of the molecule is CCOC(=O)C1C2CCCC2CN1C(=O)C(=O)Nc1ccccc1F. The second-order valence-electron chi connectivity index (χ2n) is 6.44. The molecule has 3 atom stereocenters. The minimum atomic E-state index is -0.945. The van der Waals surface area contributed by atoms with Gasteiger partial charge in [-0.05, 0) is 43.7 Å². The maximum atomic E-state index is 13.7. The first kappa shape index (κ1) is 17.4. The van der Waals surface area contributed by atoms with E-state index in [2.05, 4.69) is 5.32 Å². The maximum absolute atomic E-state index is 13.7. The first-order valence-electron chi connectivity index (χ1n) is 8.56. The molecule has 2 aliphatic rings. The Morgan fingerprint density at radius 2 is 2.04 bits per heavy atom. The molecule has 0 aromatic heterocycles. The number of nitrogens with zero attached hydrogens (tertiary/aromatic N) is 1. The molecule has 1 saturated heterocycles. The quantitative estimate of drug-likeness (QED) is 0.669. The van der Waals surface area contributed by atoms with Crippen LogP contribution in [-0.4, -0.2) is 41.9 Å². The number of amides is 2. The van der Waals surface area contributed by atoms with E-state index in [1.807, 2.05) is 0 Å². The van der Waals surface area contributed by atoms with Gasteiger partial charge in [0.15, 0.2) is 0 Å². The summed E-state index contributed by atoms with van der Waals surface area (Å²) in [6, 6.07) is 4.89. The normalized spacial score (nSPS) is 24.7. The first-order chi connectivity index (χ1) is 12.0. The number of fused-ring (bicyclic) bond motifs is 1. The van der Waals surface area contributed by atoms with Crippen molar-refractivity contribution in [2.24, 2.45) is 11.8 Å². The van der Waals surface area contributed by atoms with Crippen LogP contribution in [0.4, 0.5) is 10.1 Å². The van der Waals surface area contributed by atoms with Crippen molar-refractivity contribution in [1.29, 1.82) is 0 Å². The van der Waals surface area contributed by atoms with Crippen molar-refractivity contribution in [3.8, 4) is 0 Å². The van der Waals surface area contributed by atoms with E-state index in [-0.39, 0.29) is 24.1 Å². The van der Waals surface area contributed by atoms with Crippen LogP contribution in [0.1, 0.15) is 26.2 Å². The van der Waals surface area contributed by atoms with Crippen LogP contribution in [0, 0.1) is 17.7 Å². The molecular weight excluding hydrogens is 327 g/mol. The number of hydrogen-bond donors (Lipinski definition) is 1. The third-order valence-electron chi connectivity index (χ3n) is 5.00. The molecule has 0 bridgehead atoms. The molecule has 134 valence electrons. The van der Waals surface area contributed by atoms with Gasteiger partial charge in [0.2, 0.25) is 0 Å². The number of para-hydroxylation sites is 1. The summed E-state index contributed by atoms with van der Waals surface area (Å²) in [6.07, 6.45) is 2.78. The largest absolute Gasteiger partial charge is 0.464 e. The standard InChI is InChI=1S/C18H21FN2O4/c1-2-25-18(24)15-12-7-5-6-11(12)10-21(15)17(23)16(22)20-14-9-4-3-8-13(14)19/h3-4,8-9,11-12,15H,2,5-7,10H2,1H3,(H,20,22).